The number of fused-ring (bicyclic) bond motifs is 1. The SMILES string of the molecule is CCN(Cc1cncc(-c2ccc3c(c2)c(-c2nc(-c4cccc(F)c4)c[nH]2)nn3C2CCCCO2)c1C)C(=O)OC(C)(C)C. The molecule has 1 saturated heterocycles. The average molecular weight is 611 g/mol. The summed E-state index contributed by atoms with van der Waals surface area (Å²) in [6.07, 6.45) is 7.90. The number of hydrogen-bond acceptors (Lipinski definition) is 6. The molecule has 6 rings (SSSR count). The van der Waals surface area contributed by atoms with Crippen LogP contribution in [0.5, 0.6) is 0 Å². The first-order valence-electron chi connectivity index (χ1n) is 15.5. The van der Waals surface area contributed by atoms with Crippen LogP contribution in [0, 0.1) is 12.7 Å². The van der Waals surface area contributed by atoms with E-state index in [1.54, 1.807) is 17.2 Å². The van der Waals surface area contributed by atoms with E-state index in [4.69, 9.17) is 19.6 Å². The lowest BCUT2D eigenvalue weighted by Gasteiger charge is -2.27. The van der Waals surface area contributed by atoms with Crippen molar-refractivity contribution in [1.82, 2.24) is 29.6 Å². The summed E-state index contributed by atoms with van der Waals surface area (Å²) in [6, 6.07) is 12.7. The minimum atomic E-state index is -0.577. The summed E-state index contributed by atoms with van der Waals surface area (Å²) in [6.45, 7) is 11.2. The molecule has 5 aromatic rings. The number of H-pyrrole nitrogens is 1. The van der Waals surface area contributed by atoms with Crippen molar-refractivity contribution in [2.45, 2.75) is 72.3 Å². The molecule has 3 aromatic heterocycles. The van der Waals surface area contributed by atoms with E-state index in [0.29, 0.717) is 42.5 Å². The van der Waals surface area contributed by atoms with Gasteiger partial charge in [0.05, 0.1) is 17.8 Å². The fourth-order valence-electron chi connectivity index (χ4n) is 5.71. The quantitative estimate of drug-likeness (QED) is 0.200. The van der Waals surface area contributed by atoms with Crippen molar-refractivity contribution in [1.29, 1.82) is 0 Å². The molecule has 10 heteroatoms. The molecule has 0 aliphatic carbocycles. The number of carbonyl (C=O) groups is 1. The summed E-state index contributed by atoms with van der Waals surface area (Å²) in [5.74, 6) is 0.274. The summed E-state index contributed by atoms with van der Waals surface area (Å²) < 4.78 is 27.7. The number of aromatic nitrogens is 5. The molecule has 1 aliphatic heterocycles. The van der Waals surface area contributed by atoms with E-state index >= 15 is 0 Å². The normalized spacial score (nSPS) is 15.4. The fourth-order valence-corrected chi connectivity index (χ4v) is 5.71. The summed E-state index contributed by atoms with van der Waals surface area (Å²) >= 11 is 0. The van der Waals surface area contributed by atoms with Crippen LogP contribution in [0.4, 0.5) is 9.18 Å². The monoisotopic (exact) mass is 610 g/mol. The van der Waals surface area contributed by atoms with E-state index in [-0.39, 0.29) is 18.1 Å². The summed E-state index contributed by atoms with van der Waals surface area (Å²) in [4.78, 5) is 27.2. The number of imidazole rings is 1. The van der Waals surface area contributed by atoms with Crippen LogP contribution in [0.3, 0.4) is 0 Å². The van der Waals surface area contributed by atoms with Gasteiger partial charge in [-0.1, -0.05) is 18.2 Å². The Bertz CT molecular complexity index is 1830. The highest BCUT2D eigenvalue weighted by atomic mass is 19.1. The minimum absolute atomic E-state index is 0.168. The van der Waals surface area contributed by atoms with Crippen LogP contribution in [0.1, 0.15) is 64.3 Å². The molecule has 234 valence electrons. The summed E-state index contributed by atoms with van der Waals surface area (Å²) in [5, 5.41) is 5.94. The molecule has 1 fully saturated rings. The molecule has 1 unspecified atom stereocenters. The Morgan fingerprint density at radius 1 is 1.16 bits per heavy atom. The number of halogens is 1. The van der Waals surface area contributed by atoms with Gasteiger partial charge in [0.2, 0.25) is 0 Å². The van der Waals surface area contributed by atoms with E-state index in [9.17, 15) is 9.18 Å². The van der Waals surface area contributed by atoms with E-state index < -0.39 is 5.60 Å². The van der Waals surface area contributed by atoms with Gasteiger partial charge in [-0.2, -0.15) is 5.10 Å². The second-order valence-corrected chi connectivity index (χ2v) is 12.5. The maximum Gasteiger partial charge on any atom is 0.410 e. The topological polar surface area (TPSA) is 98.2 Å². The smallest absolute Gasteiger partial charge is 0.410 e. The predicted molar refractivity (Wildman–Crippen MR) is 172 cm³/mol. The molecular formula is C35H39FN6O3. The van der Waals surface area contributed by atoms with Crippen LogP contribution in [0.2, 0.25) is 0 Å². The molecule has 0 spiro atoms. The molecule has 0 bridgehead atoms. The van der Waals surface area contributed by atoms with E-state index in [2.05, 4.69) is 35.1 Å². The van der Waals surface area contributed by atoms with Gasteiger partial charge in [-0.3, -0.25) is 4.98 Å². The van der Waals surface area contributed by atoms with Gasteiger partial charge in [0, 0.05) is 48.3 Å². The number of pyridine rings is 1. The van der Waals surface area contributed by atoms with Gasteiger partial charge < -0.3 is 19.4 Å². The summed E-state index contributed by atoms with van der Waals surface area (Å²) in [5.41, 5.74) is 6.27. The zero-order valence-electron chi connectivity index (χ0n) is 26.4. The van der Waals surface area contributed by atoms with Gasteiger partial charge in [0.1, 0.15) is 17.1 Å². The number of nitrogens with one attached hydrogen (secondary N) is 1. The highest BCUT2D eigenvalue weighted by Gasteiger charge is 2.25. The van der Waals surface area contributed by atoms with Crippen molar-refractivity contribution in [3.63, 3.8) is 0 Å². The van der Waals surface area contributed by atoms with Crippen LogP contribution in [0.15, 0.2) is 61.1 Å². The molecule has 4 heterocycles. The van der Waals surface area contributed by atoms with Gasteiger partial charge in [-0.15, -0.1) is 0 Å². The molecule has 1 N–H and O–H groups in total. The van der Waals surface area contributed by atoms with Gasteiger partial charge >= 0.3 is 6.09 Å². The zero-order valence-corrected chi connectivity index (χ0v) is 26.4. The third-order valence-corrected chi connectivity index (χ3v) is 8.08. The highest BCUT2D eigenvalue weighted by Crippen LogP contribution is 2.36. The lowest BCUT2D eigenvalue weighted by molar-refractivity contribution is -0.0365. The first kappa shape index (κ1) is 30.5. The fraction of sp³-hybridized carbons (Fsp3) is 0.371. The van der Waals surface area contributed by atoms with Crippen LogP contribution < -0.4 is 0 Å². The minimum Gasteiger partial charge on any atom is -0.444 e. The largest absolute Gasteiger partial charge is 0.444 e. The first-order valence-corrected chi connectivity index (χ1v) is 15.5. The van der Waals surface area contributed by atoms with Crippen molar-refractivity contribution in [3.8, 4) is 33.9 Å². The number of rotatable bonds is 7. The Morgan fingerprint density at radius 2 is 2.00 bits per heavy atom. The number of benzene rings is 2. The Hall–Kier alpha value is -4.57. The van der Waals surface area contributed by atoms with Crippen LogP contribution in [-0.2, 0) is 16.0 Å². The van der Waals surface area contributed by atoms with E-state index in [1.807, 2.05) is 50.8 Å². The van der Waals surface area contributed by atoms with Crippen LogP contribution in [0.25, 0.3) is 44.8 Å². The van der Waals surface area contributed by atoms with Crippen LogP contribution in [-0.4, -0.2) is 54.5 Å². The van der Waals surface area contributed by atoms with E-state index in [0.717, 1.165) is 52.4 Å². The third-order valence-electron chi connectivity index (χ3n) is 8.08. The third kappa shape index (κ3) is 6.47. The second-order valence-electron chi connectivity index (χ2n) is 12.5. The molecule has 45 heavy (non-hydrogen) atoms. The van der Waals surface area contributed by atoms with Crippen molar-refractivity contribution < 1.29 is 18.7 Å². The highest BCUT2D eigenvalue weighted by molar-refractivity contribution is 5.95. The number of hydrogen-bond donors (Lipinski definition) is 1. The lowest BCUT2D eigenvalue weighted by atomic mass is 9.97. The molecule has 1 amide bonds. The predicted octanol–water partition coefficient (Wildman–Crippen LogP) is 8.06. The lowest BCUT2D eigenvalue weighted by Crippen LogP contribution is -2.36. The summed E-state index contributed by atoms with van der Waals surface area (Å²) in [7, 11) is 0. The van der Waals surface area contributed by atoms with Crippen LogP contribution >= 0.6 is 0 Å². The second kappa shape index (κ2) is 12.4. The molecule has 9 nitrogen and oxygen atoms in total. The molecule has 1 aliphatic rings. The zero-order chi connectivity index (χ0) is 31.7. The van der Waals surface area contributed by atoms with Gasteiger partial charge in [-0.25, -0.2) is 18.9 Å². The molecule has 1 atom stereocenters. The Labute approximate surface area is 262 Å². The Balaban J connectivity index is 1.40. The molecular weight excluding hydrogens is 571 g/mol. The first-order chi connectivity index (χ1) is 21.6. The van der Waals surface area contributed by atoms with Crippen molar-refractivity contribution in [2.75, 3.05) is 13.2 Å². The van der Waals surface area contributed by atoms with Crippen molar-refractivity contribution in [2.24, 2.45) is 0 Å². The Morgan fingerprint density at radius 3 is 2.73 bits per heavy atom. The molecule has 0 radical (unpaired) electrons. The number of ether oxygens (including phenoxy) is 2. The number of nitrogens with zero attached hydrogens (tertiary/aromatic N) is 5. The Kier molecular flexibility index (Phi) is 8.42. The average Bonchev–Trinajstić information content (AvgIpc) is 3.65. The van der Waals surface area contributed by atoms with Crippen molar-refractivity contribution >= 4 is 17.0 Å². The van der Waals surface area contributed by atoms with Gasteiger partial charge in [0.25, 0.3) is 0 Å². The maximum absolute atomic E-state index is 14.0. The number of carbonyl (C=O) groups excluding carboxylic acids is 1. The van der Waals surface area contributed by atoms with Gasteiger partial charge in [-0.05, 0) is 94.8 Å². The number of aromatic amines is 1. The maximum atomic E-state index is 14.0. The molecule has 2 aromatic carbocycles. The van der Waals surface area contributed by atoms with E-state index in [1.165, 1.54) is 12.1 Å². The standard InChI is InChI=1S/C35H39FN6O3/c1-6-41(34(43)45-35(3,4)5)21-25-18-37-19-28(22(25)2)23-13-14-30-27(17-23)32(40-42(30)31-12-7-8-15-44-31)33-38-20-29(39-33)24-10-9-11-26(36)16-24/h9-11,13-14,16-20,31H,6-8,12,15,21H2,1-5H3,(H,38,39). The van der Waals surface area contributed by atoms with Crippen molar-refractivity contribution in [3.05, 3.63) is 78.0 Å². The molecule has 0 saturated carbocycles. The number of amides is 1. The van der Waals surface area contributed by atoms with Gasteiger partial charge in [0.15, 0.2) is 12.1 Å².